The molecule has 0 spiro atoms. The fourth-order valence-corrected chi connectivity index (χ4v) is 9.19. The fourth-order valence-electron chi connectivity index (χ4n) is 7.82. The monoisotopic (exact) mass is 707 g/mol. The molecule has 0 atom stereocenters. The van der Waals surface area contributed by atoms with E-state index in [1.54, 1.807) is 0 Å². The van der Waals surface area contributed by atoms with Gasteiger partial charge in [0.2, 0.25) is 0 Å². The summed E-state index contributed by atoms with van der Waals surface area (Å²) in [6.45, 7) is 0. The predicted octanol–water partition coefficient (Wildman–Crippen LogP) is 13.6. The Morgan fingerprint density at radius 1 is 0.315 bits per heavy atom. The number of benzene rings is 8. The van der Waals surface area contributed by atoms with Crippen LogP contribution in [0.5, 0.6) is 0 Å². The molecule has 0 fully saturated rings. The molecule has 0 saturated carbocycles. The van der Waals surface area contributed by atoms with E-state index in [9.17, 15) is 0 Å². The van der Waals surface area contributed by atoms with E-state index in [-0.39, 0.29) is 0 Å². The number of hydrogen-bond donors (Lipinski definition) is 0. The molecule has 11 rings (SSSR count). The topological polar surface area (TPSA) is 51.8 Å². The average molecular weight is 708 g/mol. The van der Waals surface area contributed by atoms with E-state index in [0.29, 0.717) is 17.5 Å². The molecule has 3 heterocycles. The van der Waals surface area contributed by atoms with Crippen LogP contribution in [0.25, 0.3) is 109 Å². The van der Waals surface area contributed by atoms with Crippen molar-refractivity contribution in [2.45, 2.75) is 0 Å². The van der Waals surface area contributed by atoms with Crippen LogP contribution < -0.4 is 0 Å². The molecule has 11 aromatic rings. The quantitative estimate of drug-likeness (QED) is 0.179. The van der Waals surface area contributed by atoms with Crippen LogP contribution in [0.4, 0.5) is 0 Å². The van der Waals surface area contributed by atoms with Gasteiger partial charge in [-0.2, -0.15) is 0 Å². The number of thiophene rings is 1. The second kappa shape index (κ2) is 12.3. The molecule has 0 aliphatic carbocycles. The van der Waals surface area contributed by atoms with E-state index in [4.69, 9.17) is 19.4 Å². The van der Waals surface area contributed by atoms with Gasteiger partial charge < -0.3 is 4.42 Å². The highest BCUT2D eigenvalue weighted by molar-refractivity contribution is 7.26. The van der Waals surface area contributed by atoms with Gasteiger partial charge in [0.1, 0.15) is 11.2 Å². The minimum atomic E-state index is 0.596. The number of fused-ring (bicyclic) bond motifs is 7. The van der Waals surface area contributed by atoms with Gasteiger partial charge in [-0.3, -0.25) is 0 Å². The SMILES string of the molecule is c1ccc(-c2nc(-c3ccc4c(c3)oc3ccccc34)nc(-c3cccc4c(-c5cccc6c5sc5c(-c7ccccc7)cccc56)cccc34)n2)cc1. The van der Waals surface area contributed by atoms with Crippen LogP contribution in [-0.4, -0.2) is 15.0 Å². The first-order valence-electron chi connectivity index (χ1n) is 18.0. The van der Waals surface area contributed by atoms with E-state index in [2.05, 4.69) is 121 Å². The molecule has 0 unspecified atom stereocenters. The third-order valence-corrected chi connectivity index (χ3v) is 11.7. The normalized spacial score (nSPS) is 11.7. The van der Waals surface area contributed by atoms with Crippen molar-refractivity contribution < 1.29 is 4.42 Å². The maximum absolute atomic E-state index is 6.27. The molecular weight excluding hydrogens is 679 g/mol. The van der Waals surface area contributed by atoms with Crippen LogP contribution in [0.15, 0.2) is 180 Å². The molecule has 8 aromatic carbocycles. The summed E-state index contributed by atoms with van der Waals surface area (Å²) in [6.07, 6.45) is 0. The van der Waals surface area contributed by atoms with Gasteiger partial charge in [0, 0.05) is 53.2 Å². The first kappa shape index (κ1) is 30.7. The number of para-hydroxylation sites is 1. The molecule has 0 saturated heterocycles. The Morgan fingerprint density at radius 2 is 0.833 bits per heavy atom. The van der Waals surface area contributed by atoms with Crippen LogP contribution in [0, 0.1) is 0 Å². The Balaban J connectivity index is 1.10. The summed E-state index contributed by atoms with van der Waals surface area (Å²) in [5, 5.41) is 6.95. The standard InChI is InChI=1S/C49H29N3OS/c1-3-13-30(14-4-1)33-18-9-23-40-41-24-12-22-39(46(41)54-45(33)40)35-20-10-21-36-34(35)19-11-25-42(36)49-51-47(31-15-5-2-6-16-31)50-48(52-49)32-27-28-38-37-17-7-8-26-43(37)53-44(38)29-32/h1-29H. The summed E-state index contributed by atoms with van der Waals surface area (Å²) in [7, 11) is 0. The average Bonchev–Trinajstić information content (AvgIpc) is 3.82. The molecule has 0 aliphatic rings. The smallest absolute Gasteiger partial charge is 0.164 e. The molecule has 0 aliphatic heterocycles. The summed E-state index contributed by atoms with van der Waals surface area (Å²) in [5.74, 6) is 1.84. The third-order valence-electron chi connectivity index (χ3n) is 10.4. The molecule has 0 N–H and O–H groups in total. The summed E-state index contributed by atoms with van der Waals surface area (Å²) < 4.78 is 8.85. The van der Waals surface area contributed by atoms with Crippen molar-refractivity contribution in [3.8, 4) is 56.4 Å². The lowest BCUT2D eigenvalue weighted by Crippen LogP contribution is -2.00. The third kappa shape index (κ3) is 4.94. The van der Waals surface area contributed by atoms with Crippen LogP contribution in [0.3, 0.4) is 0 Å². The fraction of sp³-hybridized carbons (Fsp3) is 0. The minimum absolute atomic E-state index is 0.596. The predicted molar refractivity (Wildman–Crippen MR) is 225 cm³/mol. The van der Waals surface area contributed by atoms with E-state index >= 15 is 0 Å². The van der Waals surface area contributed by atoms with Crippen LogP contribution >= 0.6 is 11.3 Å². The molecule has 252 valence electrons. The Labute approximate surface area is 314 Å². The van der Waals surface area contributed by atoms with Crippen molar-refractivity contribution in [1.29, 1.82) is 0 Å². The molecule has 0 amide bonds. The lowest BCUT2D eigenvalue weighted by atomic mass is 9.94. The highest BCUT2D eigenvalue weighted by atomic mass is 32.1. The van der Waals surface area contributed by atoms with Gasteiger partial charge in [-0.05, 0) is 45.7 Å². The van der Waals surface area contributed by atoms with Crippen molar-refractivity contribution in [3.05, 3.63) is 176 Å². The zero-order valence-corrected chi connectivity index (χ0v) is 29.7. The van der Waals surface area contributed by atoms with Crippen molar-refractivity contribution in [1.82, 2.24) is 15.0 Å². The van der Waals surface area contributed by atoms with Crippen LogP contribution in [-0.2, 0) is 0 Å². The van der Waals surface area contributed by atoms with Gasteiger partial charge in [0.25, 0.3) is 0 Å². The second-order valence-electron chi connectivity index (χ2n) is 13.5. The molecular formula is C49H29N3OS. The first-order valence-corrected chi connectivity index (χ1v) is 18.8. The lowest BCUT2D eigenvalue weighted by Gasteiger charge is -2.13. The number of rotatable bonds is 5. The van der Waals surface area contributed by atoms with Gasteiger partial charge in [0.05, 0.1) is 0 Å². The van der Waals surface area contributed by atoms with Gasteiger partial charge in [0.15, 0.2) is 17.5 Å². The zero-order valence-electron chi connectivity index (χ0n) is 28.9. The van der Waals surface area contributed by atoms with Crippen LogP contribution in [0.2, 0.25) is 0 Å². The van der Waals surface area contributed by atoms with E-state index < -0.39 is 0 Å². The zero-order chi connectivity index (χ0) is 35.6. The van der Waals surface area contributed by atoms with Crippen molar-refractivity contribution in [2.75, 3.05) is 0 Å². The van der Waals surface area contributed by atoms with Gasteiger partial charge in [-0.15, -0.1) is 11.3 Å². The van der Waals surface area contributed by atoms with E-state index in [0.717, 1.165) is 49.4 Å². The summed E-state index contributed by atoms with van der Waals surface area (Å²) in [5.41, 5.74) is 9.31. The lowest BCUT2D eigenvalue weighted by molar-refractivity contribution is 0.669. The highest BCUT2D eigenvalue weighted by Gasteiger charge is 2.19. The number of nitrogens with zero attached hydrogens (tertiary/aromatic N) is 3. The Morgan fingerprint density at radius 3 is 1.59 bits per heavy atom. The minimum Gasteiger partial charge on any atom is -0.456 e. The van der Waals surface area contributed by atoms with Gasteiger partial charge >= 0.3 is 0 Å². The van der Waals surface area contributed by atoms with E-state index in [1.807, 2.05) is 65.9 Å². The molecule has 5 heteroatoms. The van der Waals surface area contributed by atoms with Crippen molar-refractivity contribution in [3.63, 3.8) is 0 Å². The molecule has 0 radical (unpaired) electrons. The maximum atomic E-state index is 6.27. The Kier molecular flexibility index (Phi) is 7.00. The summed E-state index contributed by atoms with van der Waals surface area (Å²) >= 11 is 1.87. The first-order chi connectivity index (χ1) is 26.8. The maximum Gasteiger partial charge on any atom is 0.164 e. The Bertz CT molecular complexity index is 3220. The molecule has 54 heavy (non-hydrogen) atoms. The number of hydrogen-bond acceptors (Lipinski definition) is 5. The largest absolute Gasteiger partial charge is 0.456 e. The summed E-state index contributed by atoms with van der Waals surface area (Å²) in [4.78, 5) is 15.3. The van der Waals surface area contributed by atoms with Crippen LogP contribution in [0.1, 0.15) is 0 Å². The summed E-state index contributed by atoms with van der Waals surface area (Å²) in [6, 6.07) is 61.5. The van der Waals surface area contributed by atoms with Gasteiger partial charge in [-0.25, -0.2) is 15.0 Å². The highest BCUT2D eigenvalue weighted by Crippen LogP contribution is 2.45. The number of aromatic nitrogens is 3. The van der Waals surface area contributed by atoms with Crippen molar-refractivity contribution in [2.24, 2.45) is 0 Å². The number of furan rings is 1. The molecule has 3 aromatic heterocycles. The van der Waals surface area contributed by atoms with E-state index in [1.165, 1.54) is 42.4 Å². The molecule has 0 bridgehead atoms. The van der Waals surface area contributed by atoms with Crippen molar-refractivity contribution >= 4 is 64.2 Å². The second-order valence-corrected chi connectivity index (χ2v) is 14.5. The van der Waals surface area contributed by atoms with Gasteiger partial charge in [-0.1, -0.05) is 158 Å². The Hall–Kier alpha value is -6.95. The molecule has 4 nitrogen and oxygen atoms in total.